The molecule has 0 bridgehead atoms. The van der Waals surface area contributed by atoms with Crippen LogP contribution < -0.4 is 0 Å². The van der Waals surface area contributed by atoms with Gasteiger partial charge in [0.1, 0.15) is 0 Å². The van der Waals surface area contributed by atoms with Crippen molar-refractivity contribution in [3.8, 4) is 0 Å². The van der Waals surface area contributed by atoms with Crippen LogP contribution in [0.5, 0.6) is 0 Å². The number of hydrogen-bond donors (Lipinski definition) is 0. The largest absolute Gasteiger partial charge is 0.389 e. The van der Waals surface area contributed by atoms with Gasteiger partial charge in [0, 0.05) is 32.6 Å². The number of rotatable bonds is 4. The predicted molar refractivity (Wildman–Crippen MR) is 82.2 cm³/mol. The Morgan fingerprint density at radius 1 is 1.21 bits per heavy atom. The monoisotopic (exact) mass is 342 g/mol. The van der Waals surface area contributed by atoms with Gasteiger partial charge >= 0.3 is 6.18 Å². The molecule has 0 radical (unpaired) electrons. The van der Waals surface area contributed by atoms with E-state index in [0.29, 0.717) is 19.7 Å². The topological polar surface area (TPSA) is 32.8 Å². The minimum Gasteiger partial charge on any atom is -0.373 e. The fourth-order valence-corrected chi connectivity index (χ4v) is 3.38. The molecule has 0 aromatic heterocycles. The lowest BCUT2D eigenvalue weighted by atomic mass is 10.1. The molecule has 2 fully saturated rings. The van der Waals surface area contributed by atoms with Crippen molar-refractivity contribution >= 4 is 5.91 Å². The van der Waals surface area contributed by atoms with Crippen LogP contribution in [0.1, 0.15) is 18.4 Å². The maximum atomic E-state index is 12.3. The number of nitrogens with zero attached hydrogens (tertiary/aromatic N) is 2. The van der Waals surface area contributed by atoms with Crippen LogP contribution in [0.4, 0.5) is 13.2 Å². The quantitative estimate of drug-likeness (QED) is 0.843. The molecule has 24 heavy (non-hydrogen) atoms. The Kier molecular flexibility index (Phi) is 5.10. The molecule has 0 N–H and O–H groups in total. The van der Waals surface area contributed by atoms with Crippen LogP contribution >= 0.6 is 0 Å². The lowest BCUT2D eigenvalue weighted by Crippen LogP contribution is -2.50. The number of morpholine rings is 1. The van der Waals surface area contributed by atoms with Gasteiger partial charge < -0.3 is 9.64 Å². The molecule has 0 unspecified atom stereocenters. The third-order valence-electron chi connectivity index (χ3n) is 4.62. The second-order valence-electron chi connectivity index (χ2n) is 6.35. The van der Waals surface area contributed by atoms with E-state index in [1.54, 1.807) is 0 Å². The highest BCUT2D eigenvalue weighted by atomic mass is 19.4. The van der Waals surface area contributed by atoms with Crippen LogP contribution in [0.15, 0.2) is 30.3 Å². The number of alkyl halides is 3. The van der Waals surface area contributed by atoms with Crippen molar-refractivity contribution in [2.75, 3.05) is 26.2 Å². The molecule has 0 saturated carbocycles. The standard InChI is InChI=1S/C17H21F3N2O2/c18-17(19,20)7-6-16(23)22-11-14-15(12-22)24-9-8-21(14)10-13-4-2-1-3-5-13/h1-5,14-15H,6-12H2/t14-,15-/m1/s1. The summed E-state index contributed by atoms with van der Waals surface area (Å²) in [4.78, 5) is 15.8. The van der Waals surface area contributed by atoms with Crippen molar-refractivity contribution < 1.29 is 22.7 Å². The molecule has 4 nitrogen and oxygen atoms in total. The van der Waals surface area contributed by atoms with Crippen LogP contribution in [0.25, 0.3) is 0 Å². The average molecular weight is 342 g/mol. The normalized spacial score (nSPS) is 24.9. The number of ether oxygens (including phenoxy) is 1. The van der Waals surface area contributed by atoms with Gasteiger partial charge in [0.15, 0.2) is 0 Å². The van der Waals surface area contributed by atoms with Gasteiger partial charge in [-0.15, -0.1) is 0 Å². The van der Waals surface area contributed by atoms with Crippen molar-refractivity contribution in [1.29, 1.82) is 0 Å². The minimum absolute atomic E-state index is 0.0498. The van der Waals surface area contributed by atoms with E-state index in [9.17, 15) is 18.0 Å². The average Bonchev–Trinajstić information content (AvgIpc) is 2.98. The molecule has 132 valence electrons. The fourth-order valence-electron chi connectivity index (χ4n) is 3.38. The van der Waals surface area contributed by atoms with Gasteiger partial charge in [-0.05, 0) is 5.56 Å². The first kappa shape index (κ1) is 17.2. The van der Waals surface area contributed by atoms with Crippen LogP contribution in [0.3, 0.4) is 0 Å². The maximum absolute atomic E-state index is 12.3. The van der Waals surface area contributed by atoms with Crippen molar-refractivity contribution in [3.05, 3.63) is 35.9 Å². The van der Waals surface area contributed by atoms with E-state index in [-0.39, 0.29) is 12.1 Å². The zero-order chi connectivity index (χ0) is 17.2. The lowest BCUT2D eigenvalue weighted by molar-refractivity contribution is -0.148. The van der Waals surface area contributed by atoms with E-state index in [1.165, 1.54) is 10.5 Å². The molecule has 2 aliphatic rings. The molecule has 0 aliphatic carbocycles. The number of hydrogen-bond acceptors (Lipinski definition) is 3. The number of likely N-dealkylation sites (tertiary alicyclic amines) is 1. The van der Waals surface area contributed by atoms with Gasteiger partial charge in [0.05, 0.1) is 25.2 Å². The summed E-state index contributed by atoms with van der Waals surface area (Å²) in [5.74, 6) is -0.440. The van der Waals surface area contributed by atoms with E-state index < -0.39 is 24.9 Å². The molecule has 1 amide bonds. The van der Waals surface area contributed by atoms with Crippen molar-refractivity contribution in [2.24, 2.45) is 0 Å². The smallest absolute Gasteiger partial charge is 0.373 e. The zero-order valence-electron chi connectivity index (χ0n) is 13.3. The first-order chi connectivity index (χ1) is 11.4. The van der Waals surface area contributed by atoms with Crippen molar-refractivity contribution in [3.63, 3.8) is 0 Å². The summed E-state index contributed by atoms with van der Waals surface area (Å²) in [5.41, 5.74) is 1.18. The molecule has 1 aromatic rings. The number of halogens is 3. The molecule has 3 rings (SSSR count). The van der Waals surface area contributed by atoms with Gasteiger partial charge in [0.25, 0.3) is 0 Å². The van der Waals surface area contributed by atoms with Gasteiger partial charge in [-0.2, -0.15) is 13.2 Å². The summed E-state index contributed by atoms with van der Waals surface area (Å²) in [6.45, 7) is 2.93. The van der Waals surface area contributed by atoms with E-state index >= 15 is 0 Å². The van der Waals surface area contributed by atoms with E-state index in [0.717, 1.165) is 13.1 Å². The third kappa shape index (κ3) is 4.27. The Morgan fingerprint density at radius 3 is 2.67 bits per heavy atom. The first-order valence-electron chi connectivity index (χ1n) is 8.16. The Balaban J connectivity index is 1.59. The molecule has 1 aromatic carbocycles. The third-order valence-corrected chi connectivity index (χ3v) is 4.62. The number of amides is 1. The Bertz CT molecular complexity index is 565. The fraction of sp³-hybridized carbons (Fsp3) is 0.588. The number of benzene rings is 1. The Hall–Kier alpha value is -1.60. The van der Waals surface area contributed by atoms with Crippen LogP contribution in [-0.4, -0.2) is 60.3 Å². The van der Waals surface area contributed by atoms with Crippen LogP contribution in [0.2, 0.25) is 0 Å². The second-order valence-corrected chi connectivity index (χ2v) is 6.35. The first-order valence-corrected chi connectivity index (χ1v) is 8.16. The summed E-state index contributed by atoms with van der Waals surface area (Å²) < 4.78 is 42.6. The highest BCUT2D eigenvalue weighted by Crippen LogP contribution is 2.27. The number of carbonyl (C=O) groups excluding carboxylic acids is 1. The summed E-state index contributed by atoms with van der Waals surface area (Å²) in [7, 11) is 0. The number of carbonyl (C=O) groups is 1. The highest BCUT2D eigenvalue weighted by Gasteiger charge is 2.42. The predicted octanol–water partition coefficient (Wildman–Crippen LogP) is 2.44. The number of fused-ring (bicyclic) bond motifs is 1. The Morgan fingerprint density at radius 2 is 1.96 bits per heavy atom. The van der Waals surface area contributed by atoms with E-state index in [2.05, 4.69) is 4.90 Å². The van der Waals surface area contributed by atoms with Gasteiger partial charge in [-0.3, -0.25) is 9.69 Å². The molecule has 7 heteroatoms. The lowest BCUT2D eigenvalue weighted by Gasteiger charge is -2.36. The summed E-state index contributed by atoms with van der Waals surface area (Å²) in [6.07, 6.45) is -5.96. The molecule has 2 saturated heterocycles. The van der Waals surface area contributed by atoms with Crippen LogP contribution in [0, 0.1) is 0 Å². The van der Waals surface area contributed by atoms with Crippen molar-refractivity contribution in [1.82, 2.24) is 9.80 Å². The highest BCUT2D eigenvalue weighted by molar-refractivity contribution is 5.76. The van der Waals surface area contributed by atoms with E-state index in [1.807, 2.05) is 30.3 Å². The molecule has 0 spiro atoms. The van der Waals surface area contributed by atoms with Gasteiger partial charge in [-0.1, -0.05) is 30.3 Å². The van der Waals surface area contributed by atoms with Crippen molar-refractivity contribution in [2.45, 2.75) is 37.7 Å². The van der Waals surface area contributed by atoms with Crippen LogP contribution in [-0.2, 0) is 16.1 Å². The van der Waals surface area contributed by atoms with Gasteiger partial charge in [-0.25, -0.2) is 0 Å². The molecule has 2 heterocycles. The molecular weight excluding hydrogens is 321 g/mol. The molecule has 2 atom stereocenters. The summed E-state index contributed by atoms with van der Waals surface area (Å²) >= 11 is 0. The SMILES string of the molecule is O=C(CCC(F)(F)F)N1C[C@@H]2[C@@H](C1)OCCN2Cc1ccccc1. The summed E-state index contributed by atoms with van der Waals surface area (Å²) in [6, 6.07) is 10.1. The van der Waals surface area contributed by atoms with E-state index in [4.69, 9.17) is 4.74 Å². The maximum Gasteiger partial charge on any atom is 0.389 e. The summed E-state index contributed by atoms with van der Waals surface area (Å²) in [5, 5.41) is 0. The zero-order valence-corrected chi connectivity index (χ0v) is 13.3. The van der Waals surface area contributed by atoms with Gasteiger partial charge in [0.2, 0.25) is 5.91 Å². The molecule has 2 aliphatic heterocycles. The molecular formula is C17H21F3N2O2. The Labute approximate surface area is 139 Å². The second kappa shape index (κ2) is 7.11. The minimum atomic E-state index is -4.29.